The first-order chi connectivity index (χ1) is 11.7. The molecule has 0 aromatic rings. The predicted octanol–water partition coefficient (Wildman–Crippen LogP) is 2.45. The van der Waals surface area contributed by atoms with E-state index < -0.39 is 45.4 Å². The van der Waals surface area contributed by atoms with E-state index in [2.05, 4.69) is 0 Å². The van der Waals surface area contributed by atoms with Crippen LogP contribution in [0.3, 0.4) is 0 Å². The third kappa shape index (κ3) is 4.83. The third-order valence-electron chi connectivity index (χ3n) is 5.40. The fraction of sp³-hybridized carbons (Fsp3) is 0.905. The summed E-state index contributed by atoms with van der Waals surface area (Å²) in [5.74, 6) is -1.02. The molecule has 2 amide bonds. The molecule has 1 aliphatic carbocycles. The van der Waals surface area contributed by atoms with Crippen molar-refractivity contribution in [1.29, 1.82) is 0 Å². The monoisotopic (exact) mass is 384 g/mol. The Bertz CT molecular complexity index is 521. The summed E-state index contributed by atoms with van der Waals surface area (Å²) >= 11 is 0. The highest BCUT2D eigenvalue weighted by atomic mass is 16.3. The van der Waals surface area contributed by atoms with Crippen LogP contribution >= 0.6 is 0 Å². The van der Waals surface area contributed by atoms with Gasteiger partial charge in [0.1, 0.15) is 5.41 Å². The second-order valence-corrected chi connectivity index (χ2v) is 11.5. The summed E-state index contributed by atoms with van der Waals surface area (Å²) in [7, 11) is 0. The Hall–Kier alpha value is -1.14. The van der Waals surface area contributed by atoms with Crippen molar-refractivity contribution in [2.45, 2.75) is 105 Å². The maximum absolute atomic E-state index is 13.7. The van der Waals surface area contributed by atoms with Crippen LogP contribution in [-0.4, -0.2) is 50.2 Å². The Kier molecular flexibility index (Phi) is 5.96. The van der Waals surface area contributed by atoms with Crippen molar-refractivity contribution < 1.29 is 19.8 Å². The molecule has 158 valence electrons. The van der Waals surface area contributed by atoms with Crippen LogP contribution < -0.4 is 5.73 Å². The molecule has 2 unspecified atom stereocenters. The highest BCUT2D eigenvalue weighted by molar-refractivity contribution is 6.07. The molecule has 0 saturated heterocycles. The minimum Gasteiger partial charge on any atom is -0.388 e. The number of amides is 2. The summed E-state index contributed by atoms with van der Waals surface area (Å²) in [5, 5.41) is 22.1. The molecule has 0 bridgehead atoms. The summed E-state index contributed by atoms with van der Waals surface area (Å²) in [4.78, 5) is 27.4. The summed E-state index contributed by atoms with van der Waals surface area (Å²) < 4.78 is 0. The molecule has 1 fully saturated rings. The summed E-state index contributed by atoms with van der Waals surface area (Å²) in [6, 6.07) is -1.27. The van der Waals surface area contributed by atoms with Gasteiger partial charge < -0.3 is 20.8 Å². The van der Waals surface area contributed by atoms with E-state index in [1.165, 1.54) is 0 Å². The van der Waals surface area contributed by atoms with Crippen LogP contribution in [0, 0.1) is 16.2 Å². The summed E-state index contributed by atoms with van der Waals surface area (Å²) in [6.07, 6.45) is 0.812. The number of carbonyl (C=O) groups is 2. The minimum atomic E-state index is -1.25. The fourth-order valence-electron chi connectivity index (χ4n) is 4.96. The van der Waals surface area contributed by atoms with Gasteiger partial charge in [-0.05, 0) is 51.4 Å². The normalized spacial score (nSPS) is 20.0. The van der Waals surface area contributed by atoms with Crippen LogP contribution in [0.25, 0.3) is 0 Å². The average molecular weight is 385 g/mol. The van der Waals surface area contributed by atoms with E-state index in [1.54, 1.807) is 32.6 Å². The lowest BCUT2D eigenvalue weighted by molar-refractivity contribution is -0.178. The molecule has 6 heteroatoms. The average Bonchev–Trinajstić information content (AvgIpc) is 3.10. The van der Waals surface area contributed by atoms with Crippen LogP contribution in [0.5, 0.6) is 0 Å². The van der Waals surface area contributed by atoms with Gasteiger partial charge in [-0.25, -0.2) is 0 Å². The molecule has 0 heterocycles. The van der Waals surface area contributed by atoms with Gasteiger partial charge in [-0.1, -0.05) is 41.5 Å². The molecule has 1 aliphatic rings. The summed E-state index contributed by atoms with van der Waals surface area (Å²) in [5.41, 5.74) is 0.850. The topological polar surface area (TPSA) is 104 Å². The largest absolute Gasteiger partial charge is 0.388 e. The first kappa shape index (κ1) is 23.9. The van der Waals surface area contributed by atoms with Crippen LogP contribution in [0.2, 0.25) is 0 Å². The van der Waals surface area contributed by atoms with Crippen LogP contribution in [0.1, 0.15) is 82.1 Å². The first-order valence-corrected chi connectivity index (χ1v) is 9.75. The Labute approximate surface area is 164 Å². The van der Waals surface area contributed by atoms with Crippen LogP contribution in [0.4, 0.5) is 0 Å². The first-order valence-electron chi connectivity index (χ1n) is 9.75. The van der Waals surface area contributed by atoms with Gasteiger partial charge >= 0.3 is 0 Å². The van der Waals surface area contributed by atoms with Crippen molar-refractivity contribution >= 4 is 11.8 Å². The van der Waals surface area contributed by atoms with E-state index >= 15 is 0 Å². The lowest BCUT2D eigenvalue weighted by Crippen LogP contribution is -2.69. The minimum absolute atomic E-state index is 0.390. The zero-order valence-electron chi connectivity index (χ0n) is 18.8. The molecule has 0 aromatic heterocycles. The highest BCUT2D eigenvalue weighted by Crippen LogP contribution is 2.51. The molecule has 4 N–H and O–H groups in total. The van der Waals surface area contributed by atoms with Gasteiger partial charge in [-0.15, -0.1) is 0 Å². The van der Waals surface area contributed by atoms with Crippen molar-refractivity contribution in [1.82, 2.24) is 4.90 Å². The van der Waals surface area contributed by atoms with Gasteiger partial charge in [-0.2, -0.15) is 0 Å². The SMILES string of the molecule is CC(C)(C)C(N(C(=O)C1(C(N)=O)CC1)C(C(C)(C)C)C(C)(C)O)C(C)(C)O. The molecular formula is C21H40N2O4. The molecule has 2 atom stereocenters. The van der Waals surface area contributed by atoms with Crippen LogP contribution in [0.15, 0.2) is 0 Å². The van der Waals surface area contributed by atoms with Crippen molar-refractivity contribution in [2.24, 2.45) is 22.0 Å². The number of carbonyl (C=O) groups excluding carboxylic acids is 2. The molecule has 1 saturated carbocycles. The van der Waals surface area contributed by atoms with E-state index in [4.69, 9.17) is 5.73 Å². The van der Waals surface area contributed by atoms with Gasteiger partial charge in [0.05, 0.1) is 23.3 Å². The van der Waals surface area contributed by atoms with E-state index in [-0.39, 0.29) is 5.91 Å². The number of aliphatic hydroxyl groups is 2. The van der Waals surface area contributed by atoms with Gasteiger partial charge in [0.2, 0.25) is 11.8 Å². The number of nitrogens with zero attached hydrogens (tertiary/aromatic N) is 1. The molecule has 0 aromatic carbocycles. The number of hydrogen-bond donors (Lipinski definition) is 3. The van der Waals surface area contributed by atoms with E-state index in [0.29, 0.717) is 12.8 Å². The molecule has 0 aliphatic heterocycles. The van der Waals surface area contributed by atoms with Crippen molar-refractivity contribution in [2.75, 3.05) is 0 Å². The Balaban J connectivity index is 3.76. The van der Waals surface area contributed by atoms with E-state index in [0.717, 1.165) is 0 Å². The smallest absolute Gasteiger partial charge is 0.238 e. The number of hydrogen-bond acceptors (Lipinski definition) is 4. The van der Waals surface area contributed by atoms with Crippen molar-refractivity contribution in [3.05, 3.63) is 0 Å². The van der Waals surface area contributed by atoms with Gasteiger partial charge in [0.15, 0.2) is 0 Å². The van der Waals surface area contributed by atoms with Crippen molar-refractivity contribution in [3.63, 3.8) is 0 Å². The third-order valence-corrected chi connectivity index (χ3v) is 5.40. The Morgan fingerprint density at radius 2 is 1.11 bits per heavy atom. The number of nitrogens with two attached hydrogens (primary N) is 1. The van der Waals surface area contributed by atoms with Crippen molar-refractivity contribution in [3.8, 4) is 0 Å². The molecule has 1 rings (SSSR count). The predicted molar refractivity (Wildman–Crippen MR) is 107 cm³/mol. The van der Waals surface area contributed by atoms with E-state index in [1.807, 2.05) is 41.5 Å². The second kappa shape index (κ2) is 6.73. The molecule has 27 heavy (non-hydrogen) atoms. The quantitative estimate of drug-likeness (QED) is 0.612. The lowest BCUT2D eigenvalue weighted by Gasteiger charge is -2.56. The van der Waals surface area contributed by atoms with Gasteiger partial charge in [0, 0.05) is 0 Å². The zero-order valence-corrected chi connectivity index (χ0v) is 18.8. The zero-order chi connectivity index (χ0) is 21.8. The fourth-order valence-corrected chi connectivity index (χ4v) is 4.96. The standard InChI is InChI=1S/C21H40N2O4/c1-17(2,3)13(19(7,8)26)23(14(18(4,5)6)20(9,10)27)16(25)21(11-12-21)15(22)24/h13-14,26-27H,11-12H2,1-10H3,(H2,22,24). The maximum atomic E-state index is 13.7. The maximum Gasteiger partial charge on any atom is 0.238 e. The Morgan fingerprint density at radius 1 is 0.815 bits per heavy atom. The lowest BCUT2D eigenvalue weighted by atomic mass is 9.70. The second-order valence-electron chi connectivity index (χ2n) is 11.5. The molecule has 6 nitrogen and oxygen atoms in total. The molecular weight excluding hydrogens is 344 g/mol. The van der Waals surface area contributed by atoms with Gasteiger partial charge in [-0.3, -0.25) is 9.59 Å². The van der Waals surface area contributed by atoms with E-state index in [9.17, 15) is 19.8 Å². The number of rotatable bonds is 6. The highest BCUT2D eigenvalue weighted by Gasteiger charge is 2.62. The molecule has 0 spiro atoms. The summed E-state index contributed by atoms with van der Waals surface area (Å²) in [6.45, 7) is 18.3. The van der Waals surface area contributed by atoms with Gasteiger partial charge in [0.25, 0.3) is 0 Å². The Morgan fingerprint density at radius 3 is 1.26 bits per heavy atom. The number of primary amides is 1. The van der Waals surface area contributed by atoms with Crippen LogP contribution in [-0.2, 0) is 9.59 Å². The molecule has 0 radical (unpaired) electrons.